The van der Waals surface area contributed by atoms with E-state index in [0.717, 1.165) is 12.1 Å². The van der Waals surface area contributed by atoms with Gasteiger partial charge in [0.2, 0.25) is 0 Å². The highest BCUT2D eigenvalue weighted by Crippen LogP contribution is 1.96. The molecule has 2 nitrogen and oxygen atoms in total. The summed E-state index contributed by atoms with van der Waals surface area (Å²) < 4.78 is 5.14. The van der Waals surface area contributed by atoms with Crippen molar-refractivity contribution < 1.29 is 0 Å². The molecule has 0 atom stereocenters. The average Bonchev–Trinajstić information content (AvgIpc) is 2.03. The number of rotatable bonds is 6. The molecule has 0 aromatic rings. The highest BCUT2D eigenvalue weighted by molar-refractivity contribution is 6.52. The largest absolute Gasteiger partial charge is 0.330 e. The van der Waals surface area contributed by atoms with Crippen LogP contribution < -0.4 is 0 Å². The van der Waals surface area contributed by atoms with Crippen LogP contribution in [0.1, 0.15) is 27.7 Å². The van der Waals surface area contributed by atoms with E-state index in [-0.39, 0.29) is 19.4 Å². The highest BCUT2D eigenvalue weighted by atomic mass is 28.3. The van der Waals surface area contributed by atoms with Crippen molar-refractivity contribution in [2.45, 2.75) is 45.4 Å². The van der Waals surface area contributed by atoms with E-state index >= 15 is 0 Å². The summed E-state index contributed by atoms with van der Waals surface area (Å²) in [6, 6.07) is 1.51. The van der Waals surface area contributed by atoms with Crippen molar-refractivity contribution in [2.24, 2.45) is 0 Å². The molecule has 0 N–H and O–H groups in total. The molecule has 0 radical (unpaired) electrons. The lowest BCUT2D eigenvalue weighted by Gasteiger charge is -2.24. The Morgan fingerprint density at radius 3 is 1.38 bits per heavy atom. The summed E-state index contributed by atoms with van der Waals surface area (Å²) >= 11 is 0. The van der Waals surface area contributed by atoms with Crippen LogP contribution in [0.2, 0.25) is 5.67 Å². The molecule has 0 unspecified atom stereocenters. The molecule has 0 aliphatic heterocycles. The van der Waals surface area contributed by atoms with Crippen molar-refractivity contribution in [1.82, 2.24) is 9.13 Å². The third-order valence-corrected chi connectivity index (χ3v) is 8.19. The van der Waals surface area contributed by atoms with Crippen LogP contribution in [0.3, 0.4) is 0 Å². The summed E-state index contributed by atoms with van der Waals surface area (Å²) in [5.41, 5.74) is 1.54. The van der Waals surface area contributed by atoms with Gasteiger partial charge < -0.3 is 9.13 Å². The van der Waals surface area contributed by atoms with Gasteiger partial charge in [0.05, 0.1) is 19.4 Å². The smallest absolute Gasteiger partial charge is 0.0931 e. The summed E-state index contributed by atoms with van der Waals surface area (Å²) in [6.07, 6.45) is 0. The lowest BCUT2D eigenvalue weighted by Crippen LogP contribution is -2.36. The Kier molecular flexibility index (Phi) is 6.94. The zero-order valence-electron chi connectivity index (χ0n) is 10.2. The monoisotopic (exact) mass is 218 g/mol. The molecular formula is C9H26N2Si2. The van der Waals surface area contributed by atoms with E-state index < -0.39 is 0 Å². The molecule has 0 saturated heterocycles. The second-order valence-electron chi connectivity index (χ2n) is 4.50. The van der Waals surface area contributed by atoms with Crippen LogP contribution in [0, 0.1) is 0 Å². The third-order valence-electron chi connectivity index (χ3n) is 2.78. The van der Waals surface area contributed by atoms with Gasteiger partial charge in [0.25, 0.3) is 0 Å². The van der Waals surface area contributed by atoms with Crippen LogP contribution in [-0.2, 0) is 0 Å². The summed E-state index contributed by atoms with van der Waals surface area (Å²) in [4.78, 5) is 0. The Labute approximate surface area is 88.5 Å². The molecule has 0 rings (SSSR count). The lowest BCUT2D eigenvalue weighted by atomic mass is 10.4. The first-order valence-electron chi connectivity index (χ1n) is 5.35. The first kappa shape index (κ1) is 13.4. The van der Waals surface area contributed by atoms with Gasteiger partial charge in [-0.25, -0.2) is 0 Å². The molecule has 0 saturated carbocycles. The normalized spacial score (nSPS) is 14.3. The van der Waals surface area contributed by atoms with Gasteiger partial charge in [-0.15, -0.1) is 0 Å². The predicted octanol–water partition coefficient (Wildman–Crippen LogP) is 0.210. The minimum absolute atomic E-state index is 0.0668. The minimum Gasteiger partial charge on any atom is -0.330 e. The highest BCUT2D eigenvalue weighted by Gasteiger charge is 2.06. The summed E-state index contributed by atoms with van der Waals surface area (Å²) in [6.45, 7) is 9.17. The van der Waals surface area contributed by atoms with Gasteiger partial charge in [-0.1, -0.05) is 27.7 Å². The molecule has 0 spiro atoms. The maximum atomic E-state index is 2.57. The SMILES string of the molecule is CC(C)N(C)[SiH2]C[SiH2]N(C)C(C)C. The van der Waals surface area contributed by atoms with Gasteiger partial charge in [-0.2, -0.15) is 0 Å². The van der Waals surface area contributed by atoms with Crippen LogP contribution >= 0.6 is 0 Å². The van der Waals surface area contributed by atoms with Crippen molar-refractivity contribution in [3.05, 3.63) is 0 Å². The number of hydrogen-bond acceptors (Lipinski definition) is 2. The van der Waals surface area contributed by atoms with Gasteiger partial charge in [0.15, 0.2) is 0 Å². The molecular weight excluding hydrogens is 192 g/mol. The van der Waals surface area contributed by atoms with Crippen molar-refractivity contribution in [1.29, 1.82) is 0 Å². The predicted molar refractivity (Wildman–Crippen MR) is 67.7 cm³/mol. The molecule has 4 heteroatoms. The van der Waals surface area contributed by atoms with Gasteiger partial charge in [0, 0.05) is 0 Å². The summed E-state index contributed by atoms with van der Waals surface area (Å²) in [5, 5.41) is 0. The second kappa shape index (κ2) is 6.76. The third kappa shape index (κ3) is 6.43. The lowest BCUT2D eigenvalue weighted by molar-refractivity contribution is 0.433. The zero-order chi connectivity index (χ0) is 10.4. The van der Waals surface area contributed by atoms with Crippen molar-refractivity contribution in [3.63, 3.8) is 0 Å². The number of hydrogen-bond donors (Lipinski definition) is 0. The van der Waals surface area contributed by atoms with Crippen molar-refractivity contribution in [2.75, 3.05) is 14.1 Å². The Morgan fingerprint density at radius 2 is 1.15 bits per heavy atom. The molecule has 0 bridgehead atoms. The topological polar surface area (TPSA) is 6.48 Å². The molecule has 0 aromatic carbocycles. The molecule has 0 aliphatic rings. The molecule has 13 heavy (non-hydrogen) atoms. The molecule has 0 amide bonds. The van der Waals surface area contributed by atoms with Gasteiger partial charge in [-0.05, 0) is 31.8 Å². The Bertz CT molecular complexity index is 115. The summed E-state index contributed by atoms with van der Waals surface area (Å²) in [5.74, 6) is 0. The van der Waals surface area contributed by atoms with E-state index in [2.05, 4.69) is 50.9 Å². The number of nitrogens with zero attached hydrogens (tertiary/aromatic N) is 2. The van der Waals surface area contributed by atoms with E-state index in [9.17, 15) is 0 Å². The second-order valence-corrected chi connectivity index (χ2v) is 10.2. The van der Waals surface area contributed by atoms with Crippen molar-refractivity contribution >= 4 is 19.4 Å². The average molecular weight is 218 g/mol. The standard InChI is InChI=1S/C9H26N2Si2/c1-8(2)10(5)12-7-13-11(6)9(3)4/h8-9H,7,12-13H2,1-6H3. The fourth-order valence-electron chi connectivity index (χ4n) is 1.09. The molecule has 0 aliphatic carbocycles. The first-order valence-corrected chi connectivity index (χ1v) is 8.62. The van der Waals surface area contributed by atoms with E-state index in [1.165, 1.54) is 0 Å². The van der Waals surface area contributed by atoms with Crippen LogP contribution in [-0.4, -0.2) is 54.7 Å². The van der Waals surface area contributed by atoms with E-state index in [4.69, 9.17) is 0 Å². The van der Waals surface area contributed by atoms with Crippen LogP contribution in [0.4, 0.5) is 0 Å². The van der Waals surface area contributed by atoms with Crippen LogP contribution in [0.5, 0.6) is 0 Å². The molecule has 0 fully saturated rings. The van der Waals surface area contributed by atoms with E-state index in [0.29, 0.717) is 0 Å². The maximum Gasteiger partial charge on any atom is 0.0931 e. The van der Waals surface area contributed by atoms with Crippen LogP contribution in [0.15, 0.2) is 0 Å². The van der Waals surface area contributed by atoms with Crippen molar-refractivity contribution in [3.8, 4) is 0 Å². The Morgan fingerprint density at radius 1 is 0.846 bits per heavy atom. The molecule has 80 valence electrons. The van der Waals surface area contributed by atoms with Crippen LogP contribution in [0.25, 0.3) is 0 Å². The molecule has 0 aromatic heterocycles. The maximum absolute atomic E-state index is 2.57. The quantitative estimate of drug-likeness (QED) is 0.588. The van der Waals surface area contributed by atoms with E-state index in [1.54, 1.807) is 5.67 Å². The van der Waals surface area contributed by atoms with Gasteiger partial charge in [-0.3, -0.25) is 0 Å². The minimum atomic E-state index is 0.0668. The fraction of sp³-hybridized carbons (Fsp3) is 1.00. The van der Waals surface area contributed by atoms with E-state index in [1.807, 2.05) is 0 Å². The van der Waals surface area contributed by atoms with Gasteiger partial charge >= 0.3 is 0 Å². The van der Waals surface area contributed by atoms with Gasteiger partial charge in [0.1, 0.15) is 0 Å². The Balaban J connectivity index is 3.45. The Hall–Kier alpha value is 0.354. The summed E-state index contributed by atoms with van der Waals surface area (Å²) in [7, 11) is 4.69. The first-order chi connectivity index (χ1) is 5.95. The molecule has 0 heterocycles. The fourth-order valence-corrected chi connectivity index (χ4v) is 6.67. The zero-order valence-corrected chi connectivity index (χ0v) is 13.0.